The summed E-state index contributed by atoms with van der Waals surface area (Å²) in [5, 5.41) is 9.82. The first kappa shape index (κ1) is 25.5. The monoisotopic (exact) mass is 521 g/mol. The molecule has 2 aliphatic rings. The van der Waals surface area contributed by atoms with E-state index in [4.69, 9.17) is 11.6 Å². The number of fused-ring (bicyclic) bond motifs is 1. The van der Waals surface area contributed by atoms with Crippen LogP contribution in [0.15, 0.2) is 24.4 Å². The van der Waals surface area contributed by atoms with Gasteiger partial charge >= 0.3 is 0 Å². The Morgan fingerprint density at radius 2 is 1.94 bits per heavy atom. The molecule has 1 aliphatic carbocycles. The van der Waals surface area contributed by atoms with Crippen LogP contribution < -0.4 is 25.6 Å². The van der Waals surface area contributed by atoms with E-state index in [0.29, 0.717) is 28.9 Å². The number of benzene rings is 1. The fraction of sp³-hybridized carbons (Fsp3) is 0.522. The van der Waals surface area contributed by atoms with Crippen molar-refractivity contribution in [3.8, 4) is 0 Å². The number of amides is 1. The molecule has 1 aliphatic heterocycles. The lowest BCUT2D eigenvalue weighted by Gasteiger charge is -2.32. The highest BCUT2D eigenvalue weighted by Gasteiger charge is 2.28. The van der Waals surface area contributed by atoms with Gasteiger partial charge in [-0.1, -0.05) is 24.4 Å². The van der Waals surface area contributed by atoms with Crippen LogP contribution in [0.3, 0.4) is 0 Å². The molecule has 12 heteroatoms. The maximum atomic E-state index is 12.5. The summed E-state index contributed by atoms with van der Waals surface area (Å²) < 4.78 is 26.3. The molecule has 1 amide bonds. The molecule has 1 fully saturated rings. The van der Waals surface area contributed by atoms with E-state index in [1.807, 2.05) is 12.1 Å². The Hall–Kier alpha value is -2.63. The minimum Gasteiger partial charge on any atom is -0.367 e. The van der Waals surface area contributed by atoms with Gasteiger partial charge in [0.25, 0.3) is 5.91 Å². The van der Waals surface area contributed by atoms with Crippen molar-refractivity contribution in [1.82, 2.24) is 20.0 Å². The Kier molecular flexibility index (Phi) is 7.67. The molecule has 2 atom stereocenters. The van der Waals surface area contributed by atoms with Crippen LogP contribution >= 0.6 is 11.6 Å². The van der Waals surface area contributed by atoms with E-state index in [0.717, 1.165) is 43.6 Å². The molecule has 0 radical (unpaired) electrons. The molecular formula is C23H32ClN7O3S. The van der Waals surface area contributed by atoms with Crippen molar-refractivity contribution in [3.05, 3.63) is 35.0 Å². The molecule has 1 saturated carbocycles. The Labute approximate surface area is 211 Å². The average Bonchev–Trinajstić information content (AvgIpc) is 2.95. The number of carbonyl (C=O) groups is 1. The topological polar surface area (TPSA) is 128 Å². The fourth-order valence-electron chi connectivity index (χ4n) is 4.63. The van der Waals surface area contributed by atoms with Crippen LogP contribution in [0, 0.1) is 0 Å². The highest BCUT2D eigenvalue weighted by atomic mass is 35.5. The van der Waals surface area contributed by atoms with Crippen molar-refractivity contribution < 1.29 is 13.2 Å². The van der Waals surface area contributed by atoms with Crippen molar-refractivity contribution in [2.75, 3.05) is 34.9 Å². The van der Waals surface area contributed by atoms with Gasteiger partial charge in [-0.3, -0.25) is 4.79 Å². The standard InChI is InChI=1S/C23H32ClN7O3S/c1-14(2)31-11-10-25-22(32)16-9-8-15(12-20(16)31)27-23-26-13-17(24)21(29-23)28-18-6-4-5-7-19(18)30-35(3,33)34/h8-9,12-14,18-19,30H,4-7,10-11H2,1-3H3,(H,25,32)(H2,26,27,28,29)/t18-,19-/m1/s1. The summed E-state index contributed by atoms with van der Waals surface area (Å²) in [6.45, 7) is 5.49. The lowest BCUT2D eigenvalue weighted by Crippen LogP contribution is -2.48. The zero-order valence-electron chi connectivity index (χ0n) is 20.1. The van der Waals surface area contributed by atoms with Crippen molar-refractivity contribution in [2.45, 2.75) is 57.7 Å². The number of carbonyl (C=O) groups excluding carboxylic acids is 1. The maximum Gasteiger partial charge on any atom is 0.253 e. The first-order chi connectivity index (χ1) is 16.6. The van der Waals surface area contributed by atoms with Crippen molar-refractivity contribution in [2.24, 2.45) is 0 Å². The van der Waals surface area contributed by atoms with E-state index in [-0.39, 0.29) is 24.0 Å². The number of aromatic nitrogens is 2. The number of sulfonamides is 1. The molecule has 190 valence electrons. The molecular weight excluding hydrogens is 490 g/mol. The smallest absolute Gasteiger partial charge is 0.253 e. The molecule has 0 bridgehead atoms. The second-order valence-corrected chi connectivity index (χ2v) is 11.5. The molecule has 0 saturated heterocycles. The molecule has 1 aromatic heterocycles. The SMILES string of the molecule is CC(C)N1CCNC(=O)c2ccc(Nc3ncc(Cl)c(N[C@@H]4CCCC[C@H]4NS(C)(=O)=O)n3)cc21. The summed E-state index contributed by atoms with van der Waals surface area (Å²) in [4.78, 5) is 23.5. The fourth-order valence-corrected chi connectivity index (χ4v) is 5.61. The number of nitrogens with one attached hydrogen (secondary N) is 4. The number of nitrogens with zero attached hydrogens (tertiary/aromatic N) is 3. The minimum atomic E-state index is -3.33. The first-order valence-electron chi connectivity index (χ1n) is 11.8. The maximum absolute atomic E-state index is 12.5. The average molecular weight is 522 g/mol. The van der Waals surface area contributed by atoms with E-state index < -0.39 is 10.0 Å². The molecule has 10 nitrogen and oxygen atoms in total. The zero-order valence-corrected chi connectivity index (χ0v) is 21.7. The van der Waals surface area contributed by atoms with Crippen molar-refractivity contribution >= 4 is 50.7 Å². The molecule has 1 aromatic carbocycles. The number of anilines is 4. The van der Waals surface area contributed by atoms with Gasteiger partial charge in [0, 0.05) is 36.9 Å². The van der Waals surface area contributed by atoms with E-state index in [1.165, 1.54) is 12.5 Å². The van der Waals surface area contributed by atoms with Gasteiger partial charge in [-0.05, 0) is 44.9 Å². The lowest BCUT2D eigenvalue weighted by molar-refractivity contribution is 0.0958. The highest BCUT2D eigenvalue weighted by Crippen LogP contribution is 2.30. The molecule has 4 rings (SSSR count). The van der Waals surface area contributed by atoms with Gasteiger partial charge in [0.15, 0.2) is 5.82 Å². The molecule has 2 aromatic rings. The van der Waals surface area contributed by atoms with Crippen LogP contribution in [0.4, 0.5) is 23.1 Å². The Morgan fingerprint density at radius 1 is 1.20 bits per heavy atom. The normalized spacial score (nSPS) is 20.7. The van der Waals surface area contributed by atoms with Gasteiger partial charge in [-0.25, -0.2) is 18.1 Å². The molecule has 35 heavy (non-hydrogen) atoms. The number of hydrogen-bond acceptors (Lipinski definition) is 8. The number of halogens is 1. The van der Waals surface area contributed by atoms with Crippen LogP contribution in [-0.2, 0) is 10.0 Å². The van der Waals surface area contributed by atoms with Crippen molar-refractivity contribution in [1.29, 1.82) is 0 Å². The Bertz CT molecular complexity index is 1190. The second kappa shape index (κ2) is 10.5. The predicted octanol–water partition coefficient (Wildman–Crippen LogP) is 3.10. The predicted molar refractivity (Wildman–Crippen MR) is 139 cm³/mol. The van der Waals surface area contributed by atoms with Gasteiger partial charge in [0.05, 0.1) is 23.7 Å². The van der Waals surface area contributed by atoms with Gasteiger partial charge in [-0.15, -0.1) is 0 Å². The minimum absolute atomic E-state index is 0.0892. The summed E-state index contributed by atoms with van der Waals surface area (Å²) in [5.41, 5.74) is 2.22. The van der Waals surface area contributed by atoms with Crippen LogP contribution in [-0.4, -0.2) is 61.8 Å². The summed E-state index contributed by atoms with van der Waals surface area (Å²) in [6, 6.07) is 5.40. The first-order valence-corrected chi connectivity index (χ1v) is 14.1. The third-order valence-corrected chi connectivity index (χ3v) is 7.27. The van der Waals surface area contributed by atoms with E-state index in [1.54, 1.807) is 6.07 Å². The second-order valence-electron chi connectivity index (χ2n) is 9.32. The Balaban J connectivity index is 1.56. The zero-order chi connectivity index (χ0) is 25.2. The van der Waals surface area contributed by atoms with Gasteiger partial charge in [0.1, 0.15) is 5.02 Å². The van der Waals surface area contributed by atoms with Crippen LogP contribution in [0.1, 0.15) is 49.9 Å². The van der Waals surface area contributed by atoms with Gasteiger partial charge < -0.3 is 20.9 Å². The quantitative estimate of drug-likeness (QED) is 0.437. The molecule has 2 heterocycles. The summed E-state index contributed by atoms with van der Waals surface area (Å²) >= 11 is 6.38. The number of hydrogen-bond donors (Lipinski definition) is 4. The third-order valence-electron chi connectivity index (χ3n) is 6.27. The summed E-state index contributed by atoms with van der Waals surface area (Å²) in [6.07, 6.45) is 6.17. The van der Waals surface area contributed by atoms with E-state index in [9.17, 15) is 13.2 Å². The Morgan fingerprint density at radius 3 is 2.66 bits per heavy atom. The van der Waals surface area contributed by atoms with Gasteiger partial charge in [0.2, 0.25) is 16.0 Å². The van der Waals surface area contributed by atoms with Crippen LogP contribution in [0.25, 0.3) is 0 Å². The molecule has 0 unspecified atom stereocenters. The molecule has 4 N–H and O–H groups in total. The summed E-state index contributed by atoms with van der Waals surface area (Å²) in [7, 11) is -3.33. The van der Waals surface area contributed by atoms with Crippen molar-refractivity contribution in [3.63, 3.8) is 0 Å². The van der Waals surface area contributed by atoms with Crippen LogP contribution in [0.2, 0.25) is 5.02 Å². The number of rotatable bonds is 7. The molecule has 0 spiro atoms. The highest BCUT2D eigenvalue weighted by molar-refractivity contribution is 7.88. The van der Waals surface area contributed by atoms with E-state index in [2.05, 4.69) is 49.4 Å². The van der Waals surface area contributed by atoms with Crippen LogP contribution in [0.5, 0.6) is 0 Å². The summed E-state index contributed by atoms with van der Waals surface area (Å²) in [5.74, 6) is 0.692. The third kappa shape index (κ3) is 6.33. The largest absolute Gasteiger partial charge is 0.367 e. The van der Waals surface area contributed by atoms with Gasteiger partial charge in [-0.2, -0.15) is 4.98 Å². The van der Waals surface area contributed by atoms with E-state index >= 15 is 0 Å². The lowest BCUT2D eigenvalue weighted by atomic mass is 9.91.